The van der Waals surface area contributed by atoms with Gasteiger partial charge in [-0.05, 0) is 31.0 Å². The number of hydrogen-bond acceptors (Lipinski definition) is 5. The average molecular weight is 345 g/mol. The first-order chi connectivity index (χ1) is 12.1. The molecule has 0 saturated carbocycles. The van der Waals surface area contributed by atoms with Crippen molar-refractivity contribution in [2.45, 2.75) is 26.2 Å². The number of ether oxygens (including phenoxy) is 1. The third kappa shape index (κ3) is 4.16. The normalized spacial score (nSPS) is 18.3. The standard InChI is InChI=1S/C18H27N5O2/c1-13(2)10-19-18(24)15-4-5-16-20-21-17(23(16)12-15)14-6-7-22(11-14)8-9-25-3/h4-5,12-14H,6-11H2,1-3H3,(H,19,24). The fraction of sp³-hybridized carbons (Fsp3) is 0.611. The van der Waals surface area contributed by atoms with E-state index in [-0.39, 0.29) is 5.91 Å². The molecule has 7 nitrogen and oxygen atoms in total. The number of amides is 1. The maximum absolute atomic E-state index is 12.3. The lowest BCUT2D eigenvalue weighted by Gasteiger charge is -2.14. The summed E-state index contributed by atoms with van der Waals surface area (Å²) in [5.41, 5.74) is 1.43. The number of carbonyl (C=O) groups excluding carboxylic acids is 1. The predicted octanol–water partition coefficient (Wildman–Crippen LogP) is 1.55. The first-order valence-electron chi connectivity index (χ1n) is 8.92. The van der Waals surface area contributed by atoms with Crippen LogP contribution in [0.5, 0.6) is 0 Å². The Labute approximate surface area is 148 Å². The van der Waals surface area contributed by atoms with Crippen molar-refractivity contribution in [1.82, 2.24) is 24.8 Å². The number of carbonyl (C=O) groups is 1. The summed E-state index contributed by atoms with van der Waals surface area (Å²) in [6.45, 7) is 8.50. The van der Waals surface area contributed by atoms with Gasteiger partial charge in [-0.25, -0.2) is 0 Å². The summed E-state index contributed by atoms with van der Waals surface area (Å²) >= 11 is 0. The number of hydrogen-bond donors (Lipinski definition) is 1. The molecule has 1 amide bonds. The second-order valence-electron chi connectivity index (χ2n) is 7.09. The van der Waals surface area contributed by atoms with Crippen LogP contribution in [-0.2, 0) is 4.74 Å². The van der Waals surface area contributed by atoms with Crippen molar-refractivity contribution >= 4 is 11.6 Å². The molecule has 1 N–H and O–H groups in total. The molecular formula is C18H27N5O2. The van der Waals surface area contributed by atoms with Crippen LogP contribution >= 0.6 is 0 Å². The van der Waals surface area contributed by atoms with E-state index in [1.165, 1.54) is 0 Å². The molecule has 0 spiro atoms. The van der Waals surface area contributed by atoms with E-state index in [2.05, 4.69) is 34.3 Å². The number of rotatable bonds is 7. The summed E-state index contributed by atoms with van der Waals surface area (Å²) in [5.74, 6) is 1.65. The van der Waals surface area contributed by atoms with Crippen molar-refractivity contribution in [2.24, 2.45) is 5.92 Å². The number of fused-ring (bicyclic) bond motifs is 1. The molecular weight excluding hydrogens is 318 g/mol. The van der Waals surface area contributed by atoms with Gasteiger partial charge in [-0.3, -0.25) is 9.20 Å². The van der Waals surface area contributed by atoms with Gasteiger partial charge < -0.3 is 15.0 Å². The molecule has 0 aliphatic carbocycles. The summed E-state index contributed by atoms with van der Waals surface area (Å²) in [7, 11) is 1.73. The van der Waals surface area contributed by atoms with E-state index in [0.29, 0.717) is 23.9 Å². The second kappa shape index (κ2) is 7.93. The molecule has 1 atom stereocenters. The second-order valence-corrected chi connectivity index (χ2v) is 7.09. The molecule has 0 bridgehead atoms. The molecule has 1 aliphatic rings. The van der Waals surface area contributed by atoms with E-state index in [1.54, 1.807) is 7.11 Å². The van der Waals surface area contributed by atoms with Crippen LogP contribution in [0.4, 0.5) is 0 Å². The Balaban J connectivity index is 1.76. The van der Waals surface area contributed by atoms with Crippen molar-refractivity contribution in [2.75, 3.05) is 39.9 Å². The molecule has 7 heteroatoms. The first-order valence-corrected chi connectivity index (χ1v) is 8.92. The number of nitrogens with zero attached hydrogens (tertiary/aromatic N) is 4. The van der Waals surface area contributed by atoms with Crippen LogP contribution in [0.3, 0.4) is 0 Å². The lowest BCUT2D eigenvalue weighted by molar-refractivity contribution is 0.0948. The molecule has 25 heavy (non-hydrogen) atoms. The third-order valence-electron chi connectivity index (χ3n) is 4.61. The zero-order valence-corrected chi connectivity index (χ0v) is 15.2. The Morgan fingerprint density at radius 3 is 3.00 bits per heavy atom. The molecule has 2 aromatic rings. The Bertz CT molecular complexity index is 727. The van der Waals surface area contributed by atoms with Crippen LogP contribution in [0.1, 0.15) is 42.4 Å². The SMILES string of the molecule is COCCN1CCC(c2nnc3ccc(C(=O)NCC(C)C)cn23)C1. The molecule has 1 unspecified atom stereocenters. The summed E-state index contributed by atoms with van der Waals surface area (Å²) in [5, 5.41) is 11.6. The summed E-state index contributed by atoms with van der Waals surface area (Å²) in [6, 6.07) is 3.67. The number of methoxy groups -OCH3 is 1. The molecule has 0 radical (unpaired) electrons. The maximum Gasteiger partial charge on any atom is 0.252 e. The minimum absolute atomic E-state index is 0.0524. The van der Waals surface area contributed by atoms with Crippen LogP contribution in [-0.4, -0.2) is 65.3 Å². The van der Waals surface area contributed by atoms with Crippen molar-refractivity contribution in [3.8, 4) is 0 Å². The highest BCUT2D eigenvalue weighted by Crippen LogP contribution is 2.26. The van der Waals surface area contributed by atoms with Gasteiger partial charge in [0.25, 0.3) is 5.91 Å². The van der Waals surface area contributed by atoms with Crippen molar-refractivity contribution < 1.29 is 9.53 Å². The largest absolute Gasteiger partial charge is 0.383 e. The van der Waals surface area contributed by atoms with Gasteiger partial charge in [-0.2, -0.15) is 0 Å². The molecule has 3 heterocycles. The van der Waals surface area contributed by atoms with Crippen LogP contribution in [0.2, 0.25) is 0 Å². The topological polar surface area (TPSA) is 71.8 Å². The monoisotopic (exact) mass is 345 g/mol. The van der Waals surface area contributed by atoms with Gasteiger partial charge in [0.05, 0.1) is 12.2 Å². The molecule has 1 aliphatic heterocycles. The molecule has 136 valence electrons. The van der Waals surface area contributed by atoms with E-state index in [1.807, 2.05) is 22.7 Å². The molecule has 1 fully saturated rings. The molecule has 1 saturated heterocycles. The highest BCUT2D eigenvalue weighted by molar-refractivity contribution is 5.94. The van der Waals surface area contributed by atoms with Crippen LogP contribution < -0.4 is 5.32 Å². The van der Waals surface area contributed by atoms with E-state index in [9.17, 15) is 4.79 Å². The molecule has 2 aromatic heterocycles. The fourth-order valence-corrected chi connectivity index (χ4v) is 3.19. The Morgan fingerprint density at radius 1 is 1.40 bits per heavy atom. The quantitative estimate of drug-likeness (QED) is 0.824. The fourth-order valence-electron chi connectivity index (χ4n) is 3.19. The van der Waals surface area contributed by atoms with Gasteiger partial charge in [-0.1, -0.05) is 13.8 Å². The zero-order chi connectivity index (χ0) is 17.8. The summed E-state index contributed by atoms with van der Waals surface area (Å²) in [6.07, 6.45) is 2.91. The Hall–Kier alpha value is -1.99. The van der Waals surface area contributed by atoms with Gasteiger partial charge in [0, 0.05) is 38.9 Å². The number of nitrogens with one attached hydrogen (secondary N) is 1. The third-order valence-corrected chi connectivity index (χ3v) is 4.61. The van der Waals surface area contributed by atoms with Crippen LogP contribution in [0.25, 0.3) is 5.65 Å². The van der Waals surface area contributed by atoms with Crippen LogP contribution in [0.15, 0.2) is 18.3 Å². The number of likely N-dealkylation sites (tertiary alicyclic amines) is 1. The Kier molecular flexibility index (Phi) is 5.65. The number of pyridine rings is 1. The minimum atomic E-state index is -0.0524. The lowest BCUT2D eigenvalue weighted by atomic mass is 10.1. The summed E-state index contributed by atoms with van der Waals surface area (Å²) in [4.78, 5) is 14.7. The average Bonchev–Trinajstić information content (AvgIpc) is 3.23. The van der Waals surface area contributed by atoms with Crippen molar-refractivity contribution in [1.29, 1.82) is 0 Å². The molecule has 3 rings (SSSR count). The first kappa shape index (κ1) is 17.8. The van der Waals surface area contributed by atoms with Crippen LogP contribution in [0, 0.1) is 5.92 Å². The van der Waals surface area contributed by atoms with E-state index in [0.717, 1.165) is 44.1 Å². The van der Waals surface area contributed by atoms with Gasteiger partial charge >= 0.3 is 0 Å². The lowest BCUT2D eigenvalue weighted by Crippen LogP contribution is -2.27. The van der Waals surface area contributed by atoms with E-state index < -0.39 is 0 Å². The van der Waals surface area contributed by atoms with Gasteiger partial charge in [0.1, 0.15) is 5.82 Å². The van der Waals surface area contributed by atoms with Gasteiger partial charge in [0.15, 0.2) is 5.65 Å². The summed E-state index contributed by atoms with van der Waals surface area (Å²) < 4.78 is 7.13. The zero-order valence-electron chi connectivity index (χ0n) is 15.2. The predicted molar refractivity (Wildman–Crippen MR) is 95.8 cm³/mol. The van der Waals surface area contributed by atoms with Crippen molar-refractivity contribution in [3.05, 3.63) is 29.7 Å². The minimum Gasteiger partial charge on any atom is -0.383 e. The van der Waals surface area contributed by atoms with E-state index >= 15 is 0 Å². The van der Waals surface area contributed by atoms with Gasteiger partial charge in [-0.15, -0.1) is 10.2 Å². The van der Waals surface area contributed by atoms with Gasteiger partial charge in [0.2, 0.25) is 0 Å². The molecule has 0 aromatic carbocycles. The van der Waals surface area contributed by atoms with E-state index in [4.69, 9.17) is 4.74 Å². The van der Waals surface area contributed by atoms with Crippen molar-refractivity contribution in [3.63, 3.8) is 0 Å². The maximum atomic E-state index is 12.3. The number of aromatic nitrogens is 3. The Morgan fingerprint density at radius 2 is 2.24 bits per heavy atom. The smallest absolute Gasteiger partial charge is 0.252 e. The highest BCUT2D eigenvalue weighted by atomic mass is 16.5. The highest BCUT2D eigenvalue weighted by Gasteiger charge is 2.27.